The summed E-state index contributed by atoms with van der Waals surface area (Å²) in [6.07, 6.45) is 14.4. The Morgan fingerprint density at radius 1 is 0.500 bits per heavy atom. The van der Waals surface area contributed by atoms with Crippen molar-refractivity contribution in [3.63, 3.8) is 0 Å². The molecule has 0 aliphatic carbocycles. The van der Waals surface area contributed by atoms with E-state index in [0.717, 1.165) is 25.9 Å². The van der Waals surface area contributed by atoms with Crippen molar-refractivity contribution in [3.05, 3.63) is 71.8 Å². The maximum Gasteiger partial charge on any atom is 0.314 e. The van der Waals surface area contributed by atoms with Gasteiger partial charge in [-0.05, 0) is 49.7 Å². The largest absolute Gasteiger partial charge is 0.338 e. The molecule has 0 aromatic heterocycles. The van der Waals surface area contributed by atoms with Crippen LogP contribution in [0.1, 0.15) is 75.3 Å². The van der Waals surface area contributed by atoms with Crippen LogP contribution >= 0.6 is 0 Å². The molecule has 2 rings (SSSR count). The smallest absolute Gasteiger partial charge is 0.314 e. The first-order valence-electron chi connectivity index (χ1n) is 11.9. The third kappa shape index (κ3) is 12.3. The standard InChI is InChI=1S/C27H40N2O/c30-27(28-23-15-5-1-3-9-17-25-19-11-7-12-20-25)29-24-16-6-2-4-10-18-26-21-13-8-14-22-26/h7-8,11-14,19-22H,1-6,9-10,15-18,23-24H2,(H2,28,29,30). The maximum absolute atomic E-state index is 11.8. The highest BCUT2D eigenvalue weighted by molar-refractivity contribution is 5.73. The number of unbranched alkanes of at least 4 members (excludes halogenated alkanes) is 8. The van der Waals surface area contributed by atoms with E-state index < -0.39 is 0 Å². The minimum atomic E-state index is -0.0110. The zero-order valence-corrected chi connectivity index (χ0v) is 18.6. The first-order valence-corrected chi connectivity index (χ1v) is 11.9. The molecule has 30 heavy (non-hydrogen) atoms. The Morgan fingerprint density at radius 3 is 1.30 bits per heavy atom. The molecule has 0 spiro atoms. The van der Waals surface area contributed by atoms with Crippen molar-refractivity contribution < 1.29 is 4.79 Å². The van der Waals surface area contributed by atoms with Gasteiger partial charge in [-0.15, -0.1) is 0 Å². The summed E-state index contributed by atoms with van der Waals surface area (Å²) in [5.74, 6) is 0. The highest BCUT2D eigenvalue weighted by atomic mass is 16.2. The van der Waals surface area contributed by atoms with Crippen molar-refractivity contribution in [2.45, 2.75) is 77.0 Å². The molecular weight excluding hydrogens is 368 g/mol. The summed E-state index contributed by atoms with van der Waals surface area (Å²) < 4.78 is 0. The van der Waals surface area contributed by atoms with E-state index in [9.17, 15) is 4.79 Å². The van der Waals surface area contributed by atoms with Crippen molar-refractivity contribution >= 4 is 6.03 Å². The van der Waals surface area contributed by atoms with Gasteiger partial charge in [0.15, 0.2) is 0 Å². The molecule has 2 aromatic rings. The van der Waals surface area contributed by atoms with E-state index in [1.807, 2.05) is 0 Å². The minimum Gasteiger partial charge on any atom is -0.338 e. The molecule has 2 amide bonds. The molecule has 164 valence electrons. The highest BCUT2D eigenvalue weighted by Crippen LogP contribution is 2.09. The van der Waals surface area contributed by atoms with Gasteiger partial charge >= 0.3 is 6.03 Å². The summed E-state index contributed by atoms with van der Waals surface area (Å²) in [6, 6.07) is 21.4. The molecular formula is C27H40N2O. The third-order valence-electron chi connectivity index (χ3n) is 5.54. The number of amides is 2. The second-order valence-corrected chi connectivity index (χ2v) is 8.19. The van der Waals surface area contributed by atoms with Crippen LogP contribution in [0, 0.1) is 0 Å². The van der Waals surface area contributed by atoms with E-state index in [1.54, 1.807) is 0 Å². The summed E-state index contributed by atoms with van der Waals surface area (Å²) in [5, 5.41) is 5.96. The Kier molecular flexibility index (Phi) is 13.2. The fraction of sp³-hybridized carbons (Fsp3) is 0.519. The normalized spacial score (nSPS) is 10.7. The van der Waals surface area contributed by atoms with Crippen molar-refractivity contribution in [1.29, 1.82) is 0 Å². The summed E-state index contributed by atoms with van der Waals surface area (Å²) in [4.78, 5) is 11.8. The van der Waals surface area contributed by atoms with Crippen molar-refractivity contribution in [2.75, 3.05) is 13.1 Å². The van der Waals surface area contributed by atoms with Gasteiger partial charge in [0.2, 0.25) is 0 Å². The average molecular weight is 409 g/mol. The second-order valence-electron chi connectivity index (χ2n) is 8.19. The van der Waals surface area contributed by atoms with Gasteiger partial charge in [0, 0.05) is 13.1 Å². The first kappa shape index (κ1) is 24.0. The minimum absolute atomic E-state index is 0.0110. The number of hydrogen-bond donors (Lipinski definition) is 2. The van der Waals surface area contributed by atoms with Crippen LogP contribution in [0.15, 0.2) is 60.7 Å². The topological polar surface area (TPSA) is 41.1 Å². The van der Waals surface area contributed by atoms with Gasteiger partial charge in [-0.1, -0.05) is 99.2 Å². The molecule has 0 unspecified atom stereocenters. The number of hydrogen-bond acceptors (Lipinski definition) is 1. The lowest BCUT2D eigenvalue weighted by atomic mass is 10.1. The summed E-state index contributed by atoms with van der Waals surface area (Å²) in [5.41, 5.74) is 2.87. The Morgan fingerprint density at radius 2 is 0.867 bits per heavy atom. The predicted molar refractivity (Wildman–Crippen MR) is 128 cm³/mol. The van der Waals surface area contributed by atoms with Crippen molar-refractivity contribution in [2.24, 2.45) is 0 Å². The van der Waals surface area contributed by atoms with E-state index in [-0.39, 0.29) is 6.03 Å². The Labute approximate surface area is 183 Å². The predicted octanol–water partition coefficient (Wildman–Crippen LogP) is 6.67. The third-order valence-corrected chi connectivity index (χ3v) is 5.54. The van der Waals surface area contributed by atoms with Gasteiger partial charge in [0.25, 0.3) is 0 Å². The number of carbonyl (C=O) groups is 1. The lowest BCUT2D eigenvalue weighted by molar-refractivity contribution is 0.240. The van der Waals surface area contributed by atoms with Crippen molar-refractivity contribution in [3.8, 4) is 0 Å². The zero-order valence-electron chi connectivity index (χ0n) is 18.6. The molecule has 0 heterocycles. The molecule has 3 nitrogen and oxygen atoms in total. The second kappa shape index (κ2) is 16.5. The van der Waals surface area contributed by atoms with E-state index in [0.29, 0.717) is 0 Å². The molecule has 0 saturated carbocycles. The number of nitrogens with one attached hydrogen (secondary N) is 2. The SMILES string of the molecule is O=C(NCCCCCCCc1ccccc1)NCCCCCCCc1ccccc1. The molecule has 0 aliphatic rings. The lowest BCUT2D eigenvalue weighted by Gasteiger charge is -2.08. The molecule has 0 atom stereocenters. The van der Waals surface area contributed by atoms with Crippen LogP contribution in [0.5, 0.6) is 0 Å². The maximum atomic E-state index is 11.8. The van der Waals surface area contributed by atoms with Crippen LogP contribution in [-0.4, -0.2) is 19.1 Å². The lowest BCUT2D eigenvalue weighted by Crippen LogP contribution is -2.36. The Balaban J connectivity index is 1.30. The van der Waals surface area contributed by atoms with Gasteiger partial charge in [-0.3, -0.25) is 0 Å². The molecule has 0 fully saturated rings. The van der Waals surface area contributed by atoms with Gasteiger partial charge in [0.05, 0.1) is 0 Å². The van der Waals surface area contributed by atoms with Gasteiger partial charge in [-0.2, -0.15) is 0 Å². The van der Waals surface area contributed by atoms with E-state index in [4.69, 9.17) is 0 Å². The summed E-state index contributed by atoms with van der Waals surface area (Å²) >= 11 is 0. The number of carbonyl (C=O) groups excluding carboxylic acids is 1. The molecule has 0 radical (unpaired) electrons. The van der Waals surface area contributed by atoms with Crippen LogP contribution in [0.4, 0.5) is 4.79 Å². The summed E-state index contributed by atoms with van der Waals surface area (Å²) in [7, 11) is 0. The monoisotopic (exact) mass is 408 g/mol. The number of benzene rings is 2. The molecule has 3 heteroatoms. The molecule has 2 N–H and O–H groups in total. The van der Waals surface area contributed by atoms with Gasteiger partial charge < -0.3 is 10.6 Å². The van der Waals surface area contributed by atoms with Crippen molar-refractivity contribution in [1.82, 2.24) is 10.6 Å². The molecule has 0 aliphatic heterocycles. The van der Waals surface area contributed by atoms with Crippen LogP contribution in [0.25, 0.3) is 0 Å². The fourth-order valence-corrected chi connectivity index (χ4v) is 3.72. The Hall–Kier alpha value is -2.29. The van der Waals surface area contributed by atoms with Gasteiger partial charge in [0.1, 0.15) is 0 Å². The molecule has 2 aromatic carbocycles. The van der Waals surface area contributed by atoms with E-state index >= 15 is 0 Å². The fourth-order valence-electron chi connectivity index (χ4n) is 3.72. The van der Waals surface area contributed by atoms with E-state index in [2.05, 4.69) is 71.3 Å². The summed E-state index contributed by atoms with van der Waals surface area (Å²) in [6.45, 7) is 1.56. The number of urea groups is 1. The zero-order chi connectivity index (χ0) is 21.1. The van der Waals surface area contributed by atoms with Gasteiger partial charge in [-0.25, -0.2) is 4.79 Å². The van der Waals surface area contributed by atoms with Crippen LogP contribution in [0.3, 0.4) is 0 Å². The number of aryl methyl sites for hydroxylation is 2. The highest BCUT2D eigenvalue weighted by Gasteiger charge is 1.99. The molecule has 0 bridgehead atoms. The first-order chi connectivity index (χ1) is 14.8. The average Bonchev–Trinajstić information content (AvgIpc) is 2.79. The van der Waals surface area contributed by atoms with Crippen LogP contribution < -0.4 is 10.6 Å². The van der Waals surface area contributed by atoms with Crippen LogP contribution in [0.2, 0.25) is 0 Å². The van der Waals surface area contributed by atoms with Crippen LogP contribution in [-0.2, 0) is 12.8 Å². The number of rotatable bonds is 16. The Bertz CT molecular complexity index is 600. The van der Waals surface area contributed by atoms with E-state index in [1.165, 1.54) is 75.3 Å². The molecule has 0 saturated heterocycles. The quantitative estimate of drug-likeness (QED) is 0.299.